The lowest BCUT2D eigenvalue weighted by molar-refractivity contribution is -0.125. The summed E-state index contributed by atoms with van der Waals surface area (Å²) in [6.07, 6.45) is 8.72. The van der Waals surface area contributed by atoms with Gasteiger partial charge in [-0.3, -0.25) is 14.9 Å². The van der Waals surface area contributed by atoms with Crippen LogP contribution in [0.25, 0.3) is 6.20 Å². The first kappa shape index (κ1) is 28.4. The lowest BCUT2D eigenvalue weighted by Gasteiger charge is -2.59. The maximum atomic E-state index is 13.6. The van der Waals surface area contributed by atoms with Crippen molar-refractivity contribution in [1.82, 2.24) is 20.4 Å². The third-order valence-corrected chi connectivity index (χ3v) is 8.22. The maximum absolute atomic E-state index is 13.6. The summed E-state index contributed by atoms with van der Waals surface area (Å²) in [5.74, 6) is 0.821. The van der Waals surface area contributed by atoms with Gasteiger partial charge in [-0.05, 0) is 69.6 Å². The quantitative estimate of drug-likeness (QED) is 0.349. The monoisotopic (exact) mass is 544 g/mol. The van der Waals surface area contributed by atoms with E-state index in [1.807, 2.05) is 13.8 Å². The number of carbonyl (C=O) groups is 4. The Morgan fingerprint density at radius 2 is 1.85 bits per heavy atom. The van der Waals surface area contributed by atoms with E-state index in [4.69, 9.17) is 20.9 Å². The number of amides is 5. The highest BCUT2D eigenvalue weighted by molar-refractivity contribution is 5.98. The largest absolute Gasteiger partial charge is 0.477 e. The van der Waals surface area contributed by atoms with Crippen molar-refractivity contribution in [3.63, 3.8) is 0 Å². The summed E-state index contributed by atoms with van der Waals surface area (Å²) in [5, 5.41) is 9.68. The minimum Gasteiger partial charge on any atom is -0.477 e. The first-order valence-corrected chi connectivity index (χ1v) is 13.5. The fraction of sp³-hybridized carbons (Fsp3) is 0.667. The fourth-order valence-corrected chi connectivity index (χ4v) is 6.67. The zero-order valence-electron chi connectivity index (χ0n) is 23.1. The zero-order chi connectivity index (χ0) is 28.5. The van der Waals surface area contributed by atoms with Crippen molar-refractivity contribution >= 4 is 30.1 Å². The predicted molar refractivity (Wildman–Crippen MR) is 142 cm³/mol. The lowest BCUT2D eigenvalue weighted by atomic mass is 9.48. The highest BCUT2D eigenvalue weighted by Gasteiger charge is 2.56. The summed E-state index contributed by atoms with van der Waals surface area (Å²) in [7, 11) is 0. The third-order valence-electron chi connectivity index (χ3n) is 8.22. The van der Waals surface area contributed by atoms with Gasteiger partial charge in [0.1, 0.15) is 5.56 Å². The molecule has 1 heterocycles. The molecule has 0 spiro atoms. The van der Waals surface area contributed by atoms with Crippen LogP contribution in [0.1, 0.15) is 70.2 Å². The van der Waals surface area contributed by atoms with Gasteiger partial charge in [-0.25, -0.2) is 14.3 Å². The second kappa shape index (κ2) is 10.9. The molecule has 5 rings (SSSR count). The number of nitrogens with one attached hydrogen (secondary N) is 2. The van der Waals surface area contributed by atoms with E-state index in [1.165, 1.54) is 10.9 Å². The molecular formula is C27H40N6O6. The van der Waals surface area contributed by atoms with E-state index < -0.39 is 23.4 Å². The summed E-state index contributed by atoms with van der Waals surface area (Å²) in [6, 6.07) is -0.916. The molecule has 2 atom stereocenters. The maximum Gasteiger partial charge on any atom is 0.404 e. The molecule has 12 heteroatoms. The minimum absolute atomic E-state index is 0.0176. The molecule has 4 bridgehead atoms. The SMILES string of the molecule is CC(C)COc1c(C(=O)N[C@H]2C3CC4CC2C[C@](COC(N)=O)(C4)C3)cnn1/C=C/C(C)(C)C(=O)NC(N)=O. The van der Waals surface area contributed by atoms with Crippen LogP contribution >= 0.6 is 0 Å². The summed E-state index contributed by atoms with van der Waals surface area (Å²) < 4.78 is 12.7. The molecule has 0 aliphatic heterocycles. The van der Waals surface area contributed by atoms with Gasteiger partial charge in [0.15, 0.2) is 0 Å². The highest BCUT2D eigenvalue weighted by atomic mass is 16.5. The average Bonchev–Trinajstić information content (AvgIpc) is 3.24. The van der Waals surface area contributed by atoms with Gasteiger partial charge in [0.25, 0.3) is 5.91 Å². The van der Waals surface area contributed by atoms with Crippen molar-refractivity contribution in [2.75, 3.05) is 13.2 Å². The number of primary amides is 2. The number of urea groups is 1. The topological polar surface area (TPSA) is 181 Å². The lowest BCUT2D eigenvalue weighted by Crippen LogP contribution is -2.60. The van der Waals surface area contributed by atoms with Crippen molar-refractivity contribution in [1.29, 1.82) is 0 Å². The molecule has 214 valence electrons. The van der Waals surface area contributed by atoms with Crippen molar-refractivity contribution in [3.8, 4) is 5.88 Å². The van der Waals surface area contributed by atoms with Gasteiger partial charge in [-0.15, -0.1) is 0 Å². The van der Waals surface area contributed by atoms with Gasteiger partial charge in [0.05, 0.1) is 24.8 Å². The van der Waals surface area contributed by atoms with Crippen LogP contribution in [0.15, 0.2) is 12.3 Å². The molecule has 5 amide bonds. The molecule has 39 heavy (non-hydrogen) atoms. The Kier molecular flexibility index (Phi) is 7.94. The number of aromatic nitrogens is 2. The van der Waals surface area contributed by atoms with Gasteiger partial charge < -0.3 is 26.3 Å². The summed E-state index contributed by atoms with van der Waals surface area (Å²) in [5.41, 5.74) is 9.49. The molecule has 12 nitrogen and oxygen atoms in total. The fourth-order valence-electron chi connectivity index (χ4n) is 6.67. The Balaban J connectivity index is 1.51. The molecule has 4 aliphatic carbocycles. The van der Waals surface area contributed by atoms with Gasteiger partial charge in [0.2, 0.25) is 11.8 Å². The Morgan fingerprint density at radius 1 is 1.18 bits per heavy atom. The van der Waals surface area contributed by atoms with Crippen LogP contribution < -0.4 is 26.8 Å². The molecule has 4 aliphatic rings. The third kappa shape index (κ3) is 6.36. The van der Waals surface area contributed by atoms with E-state index >= 15 is 0 Å². The van der Waals surface area contributed by atoms with E-state index in [0.29, 0.717) is 36.5 Å². The summed E-state index contributed by atoms with van der Waals surface area (Å²) >= 11 is 0. The number of imide groups is 1. The molecule has 0 aromatic carbocycles. The van der Waals surface area contributed by atoms with Crippen LogP contribution in [0.4, 0.5) is 9.59 Å². The Bertz CT molecular complexity index is 1140. The van der Waals surface area contributed by atoms with Gasteiger partial charge in [-0.2, -0.15) is 5.10 Å². The van der Waals surface area contributed by atoms with Crippen LogP contribution in [0.2, 0.25) is 0 Å². The molecule has 1 aromatic rings. The molecular weight excluding hydrogens is 504 g/mol. The van der Waals surface area contributed by atoms with Crippen molar-refractivity contribution < 1.29 is 28.7 Å². The van der Waals surface area contributed by atoms with Crippen LogP contribution in [-0.2, 0) is 9.53 Å². The van der Waals surface area contributed by atoms with Crippen LogP contribution in [0.3, 0.4) is 0 Å². The van der Waals surface area contributed by atoms with Crippen molar-refractivity contribution in [3.05, 3.63) is 17.8 Å². The highest BCUT2D eigenvalue weighted by Crippen LogP contribution is 2.60. The Morgan fingerprint density at radius 3 is 2.44 bits per heavy atom. The number of nitrogens with two attached hydrogens (primary N) is 2. The van der Waals surface area contributed by atoms with E-state index in [2.05, 4.69) is 15.7 Å². The summed E-state index contributed by atoms with van der Waals surface area (Å²) in [6.45, 7) is 7.96. The molecule has 2 unspecified atom stereocenters. The predicted octanol–water partition coefficient (Wildman–Crippen LogP) is 2.63. The van der Waals surface area contributed by atoms with Crippen molar-refractivity contribution in [2.45, 2.75) is 65.8 Å². The zero-order valence-corrected chi connectivity index (χ0v) is 23.1. The van der Waals surface area contributed by atoms with E-state index in [0.717, 1.165) is 32.1 Å². The number of hydrogen-bond acceptors (Lipinski definition) is 7. The smallest absolute Gasteiger partial charge is 0.404 e. The molecule has 4 fully saturated rings. The van der Waals surface area contributed by atoms with Crippen LogP contribution in [-0.4, -0.2) is 53.0 Å². The first-order chi connectivity index (χ1) is 18.3. The van der Waals surface area contributed by atoms with Crippen molar-refractivity contribution in [2.24, 2.45) is 46.0 Å². The molecule has 0 radical (unpaired) electrons. The van der Waals surface area contributed by atoms with Gasteiger partial charge in [0, 0.05) is 17.7 Å². The average molecular weight is 545 g/mol. The second-order valence-electron chi connectivity index (χ2n) is 12.4. The normalized spacial score (nSPS) is 27.5. The molecule has 0 saturated heterocycles. The number of nitrogens with zero attached hydrogens (tertiary/aromatic N) is 2. The van der Waals surface area contributed by atoms with Gasteiger partial charge in [-0.1, -0.05) is 19.9 Å². The molecule has 1 aromatic heterocycles. The Labute approximate surface area is 228 Å². The van der Waals surface area contributed by atoms with Gasteiger partial charge >= 0.3 is 12.1 Å². The van der Waals surface area contributed by atoms with Crippen LogP contribution in [0.5, 0.6) is 5.88 Å². The Hall–Kier alpha value is -3.57. The summed E-state index contributed by atoms with van der Waals surface area (Å²) in [4.78, 5) is 48.3. The standard InChI is InChI=1S/C27H40N6O6/c1-15(2)13-38-22-19(12-30-33(22)6-5-26(3,4)23(35)32-24(28)36)21(34)31-20-17-7-16-8-18(20)11-27(9-16,10-17)14-39-25(29)37/h5-6,12,15-18,20H,7-11,13-14H2,1-4H3,(H2,29,37)(H,31,34)(H3,28,32,35,36)/b6-5+/t16?,17?,18?,20-,27-. The molecule has 4 saturated carbocycles. The van der Waals surface area contributed by atoms with E-state index in [1.54, 1.807) is 26.1 Å². The van der Waals surface area contributed by atoms with Crippen LogP contribution in [0, 0.1) is 34.5 Å². The number of ether oxygens (including phenoxy) is 2. The van der Waals surface area contributed by atoms with E-state index in [-0.39, 0.29) is 29.2 Å². The minimum atomic E-state index is -1.08. The number of hydrogen-bond donors (Lipinski definition) is 4. The molecule has 6 N–H and O–H groups in total. The second-order valence-corrected chi connectivity index (χ2v) is 12.4. The number of rotatable bonds is 10. The number of carbonyl (C=O) groups excluding carboxylic acids is 4. The van der Waals surface area contributed by atoms with E-state index in [9.17, 15) is 19.2 Å². The first-order valence-electron chi connectivity index (χ1n) is 13.5.